The normalized spacial score (nSPS) is 30.2. The lowest BCUT2D eigenvalue weighted by molar-refractivity contribution is 0.167. The smallest absolute Gasteiger partial charge is 0.153 e. The highest BCUT2D eigenvalue weighted by atomic mass is 16.5. The van der Waals surface area contributed by atoms with Gasteiger partial charge in [0.1, 0.15) is 5.82 Å². The summed E-state index contributed by atoms with van der Waals surface area (Å²) in [5, 5.41) is 11.8. The van der Waals surface area contributed by atoms with Gasteiger partial charge in [-0.2, -0.15) is 5.10 Å². The molecular formula is C13H20N4O. The average molecular weight is 248 g/mol. The number of hydrogen-bond donors (Lipinski definition) is 2. The SMILES string of the molecule is C1CNc2nn3c(c2C1)NCCC3C1CCOC1. The molecule has 3 aliphatic rings. The first-order valence-corrected chi connectivity index (χ1v) is 7.10. The predicted molar refractivity (Wildman–Crippen MR) is 70.1 cm³/mol. The highest BCUT2D eigenvalue weighted by molar-refractivity contribution is 5.61. The average Bonchev–Trinajstić information content (AvgIpc) is 3.05. The van der Waals surface area contributed by atoms with Crippen LogP contribution in [-0.2, 0) is 11.2 Å². The van der Waals surface area contributed by atoms with Crippen LogP contribution in [0.25, 0.3) is 0 Å². The molecule has 1 aromatic heterocycles. The van der Waals surface area contributed by atoms with Gasteiger partial charge in [-0.15, -0.1) is 0 Å². The molecule has 2 N–H and O–H groups in total. The molecule has 98 valence electrons. The molecule has 0 spiro atoms. The Morgan fingerprint density at radius 1 is 1.22 bits per heavy atom. The van der Waals surface area contributed by atoms with Crippen molar-refractivity contribution >= 4 is 11.6 Å². The summed E-state index contributed by atoms with van der Waals surface area (Å²) < 4.78 is 7.79. The van der Waals surface area contributed by atoms with Gasteiger partial charge in [0.15, 0.2) is 5.82 Å². The fourth-order valence-electron chi connectivity index (χ4n) is 3.50. The molecule has 1 saturated heterocycles. The largest absolute Gasteiger partial charge is 0.381 e. The van der Waals surface area contributed by atoms with Crippen LogP contribution in [-0.4, -0.2) is 36.1 Å². The highest BCUT2D eigenvalue weighted by Gasteiger charge is 2.34. The lowest BCUT2D eigenvalue weighted by Crippen LogP contribution is -2.29. The van der Waals surface area contributed by atoms with E-state index in [4.69, 9.17) is 9.84 Å². The van der Waals surface area contributed by atoms with E-state index in [9.17, 15) is 0 Å². The van der Waals surface area contributed by atoms with Gasteiger partial charge < -0.3 is 15.4 Å². The fourth-order valence-corrected chi connectivity index (χ4v) is 3.50. The Morgan fingerprint density at radius 3 is 3.11 bits per heavy atom. The van der Waals surface area contributed by atoms with Crippen LogP contribution in [0, 0.1) is 5.92 Å². The molecule has 0 radical (unpaired) electrons. The van der Waals surface area contributed by atoms with Crippen LogP contribution < -0.4 is 10.6 Å². The van der Waals surface area contributed by atoms with E-state index < -0.39 is 0 Å². The molecule has 18 heavy (non-hydrogen) atoms. The van der Waals surface area contributed by atoms with E-state index in [2.05, 4.69) is 15.3 Å². The molecule has 2 unspecified atom stereocenters. The summed E-state index contributed by atoms with van der Waals surface area (Å²) in [7, 11) is 0. The molecule has 0 aliphatic carbocycles. The Labute approximate surface area is 107 Å². The lowest BCUT2D eigenvalue weighted by atomic mass is 9.95. The molecule has 2 atom stereocenters. The van der Waals surface area contributed by atoms with E-state index in [0.29, 0.717) is 12.0 Å². The summed E-state index contributed by atoms with van der Waals surface area (Å²) in [6, 6.07) is 0.524. The Bertz CT molecular complexity index is 450. The van der Waals surface area contributed by atoms with Crippen molar-refractivity contribution < 1.29 is 4.74 Å². The van der Waals surface area contributed by atoms with Gasteiger partial charge in [0.2, 0.25) is 0 Å². The predicted octanol–water partition coefficient (Wildman–Crippen LogP) is 1.63. The van der Waals surface area contributed by atoms with Crippen molar-refractivity contribution in [3.8, 4) is 0 Å². The summed E-state index contributed by atoms with van der Waals surface area (Å²) in [5.41, 5.74) is 1.39. The topological polar surface area (TPSA) is 51.1 Å². The maximum absolute atomic E-state index is 5.55. The molecule has 0 bridgehead atoms. The van der Waals surface area contributed by atoms with Crippen LogP contribution in [0.3, 0.4) is 0 Å². The van der Waals surface area contributed by atoms with Crippen LogP contribution in [0.5, 0.6) is 0 Å². The monoisotopic (exact) mass is 248 g/mol. The highest BCUT2D eigenvalue weighted by Crippen LogP contribution is 2.39. The first-order chi connectivity index (χ1) is 8.93. The van der Waals surface area contributed by atoms with Gasteiger partial charge in [0.25, 0.3) is 0 Å². The Balaban J connectivity index is 1.72. The molecule has 3 aliphatic heterocycles. The summed E-state index contributed by atoms with van der Waals surface area (Å²) in [5.74, 6) is 3.02. The second-order valence-corrected chi connectivity index (χ2v) is 5.56. The minimum atomic E-state index is 0.524. The number of aromatic nitrogens is 2. The van der Waals surface area contributed by atoms with Crippen molar-refractivity contribution in [3.05, 3.63) is 5.56 Å². The Hall–Kier alpha value is -1.23. The van der Waals surface area contributed by atoms with Crippen LogP contribution in [0.15, 0.2) is 0 Å². The van der Waals surface area contributed by atoms with Gasteiger partial charge in [-0.25, -0.2) is 4.68 Å². The van der Waals surface area contributed by atoms with Crippen LogP contribution in [0.1, 0.15) is 30.9 Å². The molecule has 0 amide bonds. The van der Waals surface area contributed by atoms with Crippen LogP contribution in [0.2, 0.25) is 0 Å². The van der Waals surface area contributed by atoms with Crippen molar-refractivity contribution in [2.45, 2.75) is 31.7 Å². The van der Waals surface area contributed by atoms with E-state index in [1.165, 1.54) is 30.6 Å². The molecule has 4 rings (SSSR count). The lowest BCUT2D eigenvalue weighted by Gasteiger charge is -2.29. The minimum Gasteiger partial charge on any atom is -0.381 e. The van der Waals surface area contributed by atoms with E-state index in [1.807, 2.05) is 0 Å². The molecule has 1 fully saturated rings. The van der Waals surface area contributed by atoms with E-state index in [0.717, 1.165) is 38.5 Å². The fraction of sp³-hybridized carbons (Fsp3) is 0.769. The number of rotatable bonds is 1. The molecule has 4 heterocycles. The van der Waals surface area contributed by atoms with E-state index >= 15 is 0 Å². The van der Waals surface area contributed by atoms with Gasteiger partial charge in [-0.05, 0) is 25.7 Å². The standard InChI is InChI=1S/C13H20N4O/c1-2-10-12(14-5-1)16-17-11(3-6-15-13(10)17)9-4-7-18-8-9/h9,11,15H,1-8H2,(H,14,16). The van der Waals surface area contributed by atoms with E-state index in [-0.39, 0.29) is 0 Å². The zero-order valence-electron chi connectivity index (χ0n) is 10.6. The molecule has 0 aromatic carbocycles. The van der Waals surface area contributed by atoms with Gasteiger partial charge in [-0.3, -0.25) is 0 Å². The van der Waals surface area contributed by atoms with Gasteiger partial charge in [0.05, 0.1) is 12.6 Å². The van der Waals surface area contributed by atoms with Crippen molar-refractivity contribution in [2.75, 3.05) is 36.9 Å². The zero-order valence-corrected chi connectivity index (χ0v) is 10.6. The maximum Gasteiger partial charge on any atom is 0.153 e. The third-order valence-electron chi connectivity index (χ3n) is 4.46. The second kappa shape index (κ2) is 4.16. The number of fused-ring (bicyclic) bond motifs is 3. The van der Waals surface area contributed by atoms with Crippen LogP contribution in [0.4, 0.5) is 11.6 Å². The number of anilines is 2. The number of nitrogens with zero attached hydrogens (tertiary/aromatic N) is 2. The first-order valence-electron chi connectivity index (χ1n) is 7.10. The van der Waals surface area contributed by atoms with Crippen molar-refractivity contribution in [3.63, 3.8) is 0 Å². The number of hydrogen-bond acceptors (Lipinski definition) is 4. The molecule has 5 heteroatoms. The minimum absolute atomic E-state index is 0.524. The van der Waals surface area contributed by atoms with Gasteiger partial charge in [-0.1, -0.05) is 0 Å². The summed E-state index contributed by atoms with van der Waals surface area (Å²) in [4.78, 5) is 0. The number of ether oxygens (including phenoxy) is 1. The molecule has 1 aromatic rings. The molecule has 5 nitrogen and oxygen atoms in total. The van der Waals surface area contributed by atoms with Crippen molar-refractivity contribution in [1.29, 1.82) is 0 Å². The van der Waals surface area contributed by atoms with Gasteiger partial charge in [0, 0.05) is 31.2 Å². The summed E-state index contributed by atoms with van der Waals surface area (Å²) in [6.45, 7) is 3.95. The van der Waals surface area contributed by atoms with Crippen molar-refractivity contribution in [1.82, 2.24) is 9.78 Å². The second-order valence-electron chi connectivity index (χ2n) is 5.56. The third-order valence-corrected chi connectivity index (χ3v) is 4.46. The van der Waals surface area contributed by atoms with Crippen LogP contribution >= 0.6 is 0 Å². The van der Waals surface area contributed by atoms with Crippen molar-refractivity contribution in [2.24, 2.45) is 5.92 Å². The summed E-state index contributed by atoms with van der Waals surface area (Å²) >= 11 is 0. The molecule has 0 saturated carbocycles. The Morgan fingerprint density at radius 2 is 2.22 bits per heavy atom. The number of nitrogens with one attached hydrogen (secondary N) is 2. The van der Waals surface area contributed by atoms with E-state index in [1.54, 1.807) is 0 Å². The third kappa shape index (κ3) is 1.53. The van der Waals surface area contributed by atoms with Gasteiger partial charge >= 0.3 is 0 Å². The quantitative estimate of drug-likeness (QED) is 0.793. The first kappa shape index (κ1) is 10.7. The summed E-state index contributed by atoms with van der Waals surface area (Å²) in [6.07, 6.45) is 4.72. The Kier molecular flexibility index (Phi) is 2.46. The zero-order chi connectivity index (χ0) is 11.9. The molecular weight excluding hydrogens is 228 g/mol. The maximum atomic E-state index is 5.55.